The van der Waals surface area contributed by atoms with Gasteiger partial charge in [0.25, 0.3) is 0 Å². The van der Waals surface area contributed by atoms with Crippen molar-refractivity contribution in [2.75, 3.05) is 26.2 Å². The molecule has 32 heavy (non-hydrogen) atoms. The second kappa shape index (κ2) is 7.84. The predicted molar refractivity (Wildman–Crippen MR) is 121 cm³/mol. The topological polar surface area (TPSA) is 67.2 Å². The highest BCUT2D eigenvalue weighted by Gasteiger charge is 2.32. The smallest absolute Gasteiger partial charge is 0.320 e. The molecule has 4 aromatic rings. The first kappa shape index (κ1) is 19.1. The molecule has 0 N–H and O–H groups in total. The van der Waals surface area contributed by atoms with Crippen LogP contribution < -0.4 is 0 Å². The lowest BCUT2D eigenvalue weighted by Gasteiger charge is -2.40. The third kappa shape index (κ3) is 3.17. The molecule has 2 aliphatic rings. The molecule has 2 aromatic heterocycles. The Morgan fingerprint density at radius 3 is 2.16 bits per heavy atom. The van der Waals surface area contributed by atoms with Crippen molar-refractivity contribution in [1.29, 1.82) is 0 Å². The first-order valence-corrected chi connectivity index (χ1v) is 11.1. The fourth-order valence-corrected chi connectivity index (χ4v) is 5.10. The van der Waals surface area contributed by atoms with Gasteiger partial charge in [-0.1, -0.05) is 53.7 Å². The number of pyridine rings is 1. The number of aryl methyl sites for hydroxylation is 2. The summed E-state index contributed by atoms with van der Waals surface area (Å²) in [6, 6.07) is 21.3. The maximum absolute atomic E-state index is 13.1. The molecule has 1 fully saturated rings. The molecule has 0 radical (unpaired) electrons. The first-order valence-electron chi connectivity index (χ1n) is 11.1. The Balaban J connectivity index is 1.27. The first-order chi connectivity index (χ1) is 15.8. The molecule has 0 atom stereocenters. The van der Waals surface area contributed by atoms with E-state index in [2.05, 4.69) is 68.7 Å². The molecule has 0 bridgehead atoms. The van der Waals surface area contributed by atoms with Crippen LogP contribution in [0.15, 0.2) is 66.9 Å². The van der Waals surface area contributed by atoms with Crippen molar-refractivity contribution in [2.45, 2.75) is 18.9 Å². The summed E-state index contributed by atoms with van der Waals surface area (Å²) in [5.41, 5.74) is 6.77. The number of hydrogen-bond donors (Lipinski definition) is 0. The molecular formula is C25H24N6O. The van der Waals surface area contributed by atoms with E-state index in [4.69, 9.17) is 0 Å². The van der Waals surface area contributed by atoms with E-state index in [0.29, 0.717) is 24.3 Å². The van der Waals surface area contributed by atoms with E-state index >= 15 is 0 Å². The molecule has 6 rings (SSSR count). The normalized spacial score (nSPS) is 17.1. The fourth-order valence-electron chi connectivity index (χ4n) is 5.10. The van der Waals surface area contributed by atoms with Crippen molar-refractivity contribution in [3.63, 3.8) is 0 Å². The number of rotatable bonds is 1. The van der Waals surface area contributed by atoms with Crippen LogP contribution in [0.2, 0.25) is 0 Å². The number of aromatic nitrogens is 4. The zero-order valence-electron chi connectivity index (χ0n) is 17.8. The van der Waals surface area contributed by atoms with Crippen molar-refractivity contribution in [1.82, 2.24) is 29.8 Å². The van der Waals surface area contributed by atoms with Gasteiger partial charge < -0.3 is 4.90 Å². The van der Waals surface area contributed by atoms with Gasteiger partial charge in [-0.15, -0.1) is 5.10 Å². The lowest BCUT2D eigenvalue weighted by molar-refractivity contribution is 0.119. The predicted octanol–water partition coefficient (Wildman–Crippen LogP) is 3.30. The van der Waals surface area contributed by atoms with Crippen molar-refractivity contribution >= 4 is 17.2 Å². The van der Waals surface area contributed by atoms with Gasteiger partial charge in [-0.25, -0.2) is 9.78 Å². The Bertz CT molecular complexity index is 1240. The maximum Gasteiger partial charge on any atom is 0.346 e. The average Bonchev–Trinajstić information content (AvgIpc) is 3.21. The number of amides is 1. The minimum absolute atomic E-state index is 0.137. The number of carbonyl (C=O) groups is 1. The minimum Gasteiger partial charge on any atom is -0.320 e. The Hall–Kier alpha value is -3.58. The monoisotopic (exact) mass is 424 g/mol. The van der Waals surface area contributed by atoms with E-state index in [1.54, 1.807) is 12.3 Å². The fraction of sp³-hybridized carbons (Fsp3) is 0.280. The van der Waals surface area contributed by atoms with Crippen molar-refractivity contribution in [3.8, 4) is 0 Å². The number of carbonyl (C=O) groups excluding carboxylic acids is 1. The van der Waals surface area contributed by atoms with Crippen LogP contribution >= 0.6 is 0 Å². The number of fused-ring (bicyclic) bond motifs is 3. The summed E-state index contributed by atoms with van der Waals surface area (Å²) in [7, 11) is 0. The average molecular weight is 425 g/mol. The summed E-state index contributed by atoms with van der Waals surface area (Å²) in [4.78, 5) is 21.7. The number of piperazine rings is 1. The molecule has 160 valence electrons. The maximum atomic E-state index is 13.1. The standard InChI is InChI=1S/C25H24N6O/c32-25(31-22-10-5-13-26-24(22)27-28-31)30-16-14-29(15-17-30)23-20-8-3-1-6-18(20)11-12-19-7-2-4-9-21(19)23/h1-10,13,23H,11-12,14-17H2. The van der Waals surface area contributed by atoms with Crippen LogP contribution in [0.25, 0.3) is 11.2 Å². The molecule has 2 aromatic carbocycles. The molecule has 0 saturated carbocycles. The van der Waals surface area contributed by atoms with E-state index < -0.39 is 0 Å². The molecule has 0 spiro atoms. The van der Waals surface area contributed by atoms with E-state index in [1.807, 2.05) is 11.0 Å². The third-order valence-electron chi connectivity index (χ3n) is 6.72. The zero-order valence-corrected chi connectivity index (χ0v) is 17.8. The van der Waals surface area contributed by atoms with Gasteiger partial charge in [0.05, 0.1) is 6.04 Å². The largest absolute Gasteiger partial charge is 0.346 e. The summed E-state index contributed by atoms with van der Waals surface area (Å²) in [6.45, 7) is 2.93. The van der Waals surface area contributed by atoms with Crippen LogP contribution in [0.4, 0.5) is 4.79 Å². The summed E-state index contributed by atoms with van der Waals surface area (Å²) < 4.78 is 1.37. The van der Waals surface area contributed by atoms with Crippen LogP contribution in [-0.2, 0) is 12.8 Å². The lowest BCUT2D eigenvalue weighted by atomic mass is 9.93. The van der Waals surface area contributed by atoms with Gasteiger partial charge in [0, 0.05) is 32.4 Å². The quantitative estimate of drug-likeness (QED) is 0.469. The summed E-state index contributed by atoms with van der Waals surface area (Å²) >= 11 is 0. The zero-order chi connectivity index (χ0) is 21.5. The van der Waals surface area contributed by atoms with E-state index in [-0.39, 0.29) is 12.1 Å². The van der Waals surface area contributed by atoms with Crippen molar-refractivity contribution in [2.24, 2.45) is 0 Å². The molecule has 0 unspecified atom stereocenters. The van der Waals surface area contributed by atoms with Gasteiger partial charge in [0.2, 0.25) is 5.65 Å². The molecular weight excluding hydrogens is 400 g/mol. The Morgan fingerprint density at radius 2 is 1.47 bits per heavy atom. The highest BCUT2D eigenvalue weighted by Crippen LogP contribution is 2.37. The lowest BCUT2D eigenvalue weighted by Crippen LogP contribution is -2.51. The van der Waals surface area contributed by atoms with Gasteiger partial charge >= 0.3 is 6.03 Å². The van der Waals surface area contributed by atoms with Gasteiger partial charge in [0.15, 0.2) is 0 Å². The molecule has 7 nitrogen and oxygen atoms in total. The van der Waals surface area contributed by atoms with Crippen LogP contribution in [0.5, 0.6) is 0 Å². The highest BCUT2D eigenvalue weighted by atomic mass is 16.2. The van der Waals surface area contributed by atoms with Crippen LogP contribution in [0, 0.1) is 0 Å². The summed E-state index contributed by atoms with van der Waals surface area (Å²) in [5, 5.41) is 8.08. The van der Waals surface area contributed by atoms with Crippen LogP contribution in [-0.4, -0.2) is 62.0 Å². The Labute approximate surface area is 186 Å². The van der Waals surface area contributed by atoms with E-state index in [0.717, 1.165) is 25.9 Å². The Kier molecular flexibility index (Phi) is 4.69. The molecule has 3 heterocycles. The van der Waals surface area contributed by atoms with Gasteiger partial charge in [-0.05, 0) is 47.2 Å². The molecule has 7 heteroatoms. The van der Waals surface area contributed by atoms with Gasteiger partial charge in [0.1, 0.15) is 5.52 Å². The summed E-state index contributed by atoms with van der Waals surface area (Å²) in [5.74, 6) is 0. The van der Waals surface area contributed by atoms with E-state index in [1.165, 1.54) is 26.9 Å². The molecule has 1 aliphatic heterocycles. The molecule has 1 saturated heterocycles. The Morgan fingerprint density at radius 1 is 0.812 bits per heavy atom. The number of hydrogen-bond acceptors (Lipinski definition) is 5. The second-order valence-corrected chi connectivity index (χ2v) is 8.45. The van der Waals surface area contributed by atoms with Crippen LogP contribution in [0.1, 0.15) is 28.3 Å². The second-order valence-electron chi connectivity index (χ2n) is 8.45. The van der Waals surface area contributed by atoms with Gasteiger partial charge in [-0.2, -0.15) is 4.68 Å². The highest BCUT2D eigenvalue weighted by molar-refractivity contribution is 5.86. The van der Waals surface area contributed by atoms with Crippen molar-refractivity contribution < 1.29 is 4.79 Å². The summed E-state index contributed by atoms with van der Waals surface area (Å²) in [6.07, 6.45) is 3.79. The SMILES string of the molecule is O=C(N1CCN(C2c3ccccc3CCc3ccccc32)CC1)n1nnc2ncccc21. The number of benzene rings is 2. The van der Waals surface area contributed by atoms with E-state index in [9.17, 15) is 4.79 Å². The minimum atomic E-state index is -0.137. The third-order valence-corrected chi connectivity index (χ3v) is 6.72. The molecule has 1 aliphatic carbocycles. The molecule has 1 amide bonds. The van der Waals surface area contributed by atoms with Crippen LogP contribution in [0.3, 0.4) is 0 Å². The number of nitrogens with zero attached hydrogens (tertiary/aromatic N) is 6. The van der Waals surface area contributed by atoms with Crippen molar-refractivity contribution in [3.05, 3.63) is 89.1 Å². The van der Waals surface area contributed by atoms with Gasteiger partial charge in [-0.3, -0.25) is 4.90 Å².